The van der Waals surface area contributed by atoms with Crippen LogP contribution in [-0.2, 0) is 4.74 Å². The number of carbonyl (C=O) groups excluding carboxylic acids is 1. The molecule has 0 amide bonds. The van der Waals surface area contributed by atoms with Gasteiger partial charge in [-0.3, -0.25) is 9.69 Å². The lowest BCUT2D eigenvalue weighted by Gasteiger charge is -2.34. The molecule has 0 aliphatic carbocycles. The van der Waals surface area contributed by atoms with Gasteiger partial charge in [-0.2, -0.15) is 0 Å². The molecule has 4 rings (SSSR count). The second kappa shape index (κ2) is 7.02. The summed E-state index contributed by atoms with van der Waals surface area (Å²) in [5.41, 5.74) is 3.73. The van der Waals surface area contributed by atoms with Crippen LogP contribution in [0, 0.1) is 13.8 Å². The Balaban J connectivity index is 1.58. The summed E-state index contributed by atoms with van der Waals surface area (Å²) >= 11 is 0. The van der Waals surface area contributed by atoms with Crippen molar-refractivity contribution in [3.05, 3.63) is 41.2 Å². The lowest BCUT2D eigenvalue weighted by molar-refractivity contribution is -0.0652. The summed E-state index contributed by atoms with van der Waals surface area (Å²) in [6, 6.07) is 7.85. The van der Waals surface area contributed by atoms with E-state index in [9.17, 15) is 4.79 Å². The molecule has 1 saturated heterocycles. The molecule has 2 aromatic rings. The Hall–Kier alpha value is -2.31. The van der Waals surface area contributed by atoms with Crippen LogP contribution in [0.2, 0.25) is 0 Å². The van der Waals surface area contributed by atoms with Crippen LogP contribution in [0.1, 0.15) is 35.6 Å². The minimum Gasteiger partial charge on any atom is -0.454 e. The van der Waals surface area contributed by atoms with Gasteiger partial charge in [0.05, 0.1) is 18.8 Å². The zero-order valence-corrected chi connectivity index (χ0v) is 16.3. The largest absolute Gasteiger partial charge is 0.454 e. The maximum absolute atomic E-state index is 13.0. The smallest absolute Gasteiger partial charge is 0.231 e. The number of ether oxygens (including phenoxy) is 3. The molecule has 2 aliphatic rings. The molecule has 0 bridgehead atoms. The summed E-state index contributed by atoms with van der Waals surface area (Å²) in [5, 5.41) is 0. The first kappa shape index (κ1) is 18.1. The van der Waals surface area contributed by atoms with Gasteiger partial charge >= 0.3 is 0 Å². The fraction of sp³-hybridized carbons (Fsp3) is 0.476. The summed E-state index contributed by atoms with van der Waals surface area (Å²) in [6.07, 6.45) is 0.310. The van der Waals surface area contributed by atoms with E-state index in [-0.39, 0.29) is 24.8 Å². The first-order valence-corrected chi connectivity index (χ1v) is 9.42. The summed E-state index contributed by atoms with van der Waals surface area (Å²) in [4.78, 5) is 15.2. The number of fused-ring (bicyclic) bond motifs is 1. The Morgan fingerprint density at radius 3 is 2.52 bits per heavy atom. The fourth-order valence-electron chi connectivity index (χ4n) is 4.17. The van der Waals surface area contributed by atoms with Crippen LogP contribution in [0.5, 0.6) is 11.5 Å². The van der Waals surface area contributed by atoms with E-state index in [0.29, 0.717) is 6.54 Å². The number of carbonyl (C=O) groups is 1. The third kappa shape index (κ3) is 3.47. The number of hydrogen-bond acceptors (Lipinski definition) is 5. The SMILES string of the molecule is Cc1cc(C(=O)CN2C[C@@H](C)O[C@H](C)C2)c(C)n1-c1ccc2c(c1)OCO2. The Labute approximate surface area is 159 Å². The lowest BCUT2D eigenvalue weighted by Crippen LogP contribution is -2.47. The molecule has 3 heterocycles. The molecule has 6 nitrogen and oxygen atoms in total. The Bertz CT molecular complexity index is 863. The number of ketones is 1. The quantitative estimate of drug-likeness (QED) is 0.774. The summed E-state index contributed by atoms with van der Waals surface area (Å²) in [6.45, 7) is 10.4. The molecule has 1 fully saturated rings. The zero-order chi connectivity index (χ0) is 19.1. The van der Waals surface area contributed by atoms with E-state index < -0.39 is 0 Å². The topological polar surface area (TPSA) is 52.9 Å². The number of rotatable bonds is 4. The van der Waals surface area contributed by atoms with Gasteiger partial charge in [0.1, 0.15) is 0 Å². The van der Waals surface area contributed by atoms with E-state index >= 15 is 0 Å². The van der Waals surface area contributed by atoms with E-state index in [1.54, 1.807) is 0 Å². The van der Waals surface area contributed by atoms with Gasteiger partial charge in [-0.1, -0.05) is 0 Å². The molecule has 0 radical (unpaired) electrons. The molecule has 1 aromatic heterocycles. The number of aromatic nitrogens is 1. The highest BCUT2D eigenvalue weighted by molar-refractivity contribution is 5.99. The van der Waals surface area contributed by atoms with E-state index in [2.05, 4.69) is 23.3 Å². The molecule has 1 aromatic carbocycles. The maximum atomic E-state index is 13.0. The van der Waals surface area contributed by atoms with Gasteiger partial charge in [-0.15, -0.1) is 0 Å². The third-order valence-electron chi connectivity index (χ3n) is 5.21. The van der Waals surface area contributed by atoms with E-state index in [0.717, 1.165) is 47.2 Å². The van der Waals surface area contributed by atoms with Crippen LogP contribution in [0.15, 0.2) is 24.3 Å². The summed E-state index contributed by atoms with van der Waals surface area (Å²) < 4.78 is 18.8. The number of morpholine rings is 1. The second-order valence-electron chi connectivity index (χ2n) is 7.53. The lowest BCUT2D eigenvalue weighted by atomic mass is 10.1. The van der Waals surface area contributed by atoms with Crippen molar-refractivity contribution in [2.75, 3.05) is 26.4 Å². The van der Waals surface area contributed by atoms with Gasteiger partial charge in [-0.05, 0) is 45.9 Å². The van der Waals surface area contributed by atoms with Crippen molar-refractivity contribution in [1.29, 1.82) is 0 Å². The third-order valence-corrected chi connectivity index (χ3v) is 5.21. The molecular weight excluding hydrogens is 344 g/mol. The second-order valence-corrected chi connectivity index (χ2v) is 7.53. The molecule has 2 atom stereocenters. The molecule has 27 heavy (non-hydrogen) atoms. The number of benzene rings is 1. The Morgan fingerprint density at radius 2 is 1.78 bits per heavy atom. The summed E-state index contributed by atoms with van der Waals surface area (Å²) in [7, 11) is 0. The highest BCUT2D eigenvalue weighted by Crippen LogP contribution is 2.35. The molecule has 0 saturated carbocycles. The number of hydrogen-bond donors (Lipinski definition) is 0. The predicted octanol–water partition coefficient (Wildman–Crippen LogP) is 3.11. The van der Waals surface area contributed by atoms with Gasteiger partial charge in [0.25, 0.3) is 0 Å². The van der Waals surface area contributed by atoms with Crippen LogP contribution in [0.3, 0.4) is 0 Å². The van der Waals surface area contributed by atoms with Gasteiger partial charge < -0.3 is 18.8 Å². The van der Waals surface area contributed by atoms with Crippen molar-refractivity contribution >= 4 is 5.78 Å². The predicted molar refractivity (Wildman–Crippen MR) is 102 cm³/mol. The van der Waals surface area contributed by atoms with Gasteiger partial charge in [-0.25, -0.2) is 0 Å². The van der Waals surface area contributed by atoms with Crippen molar-refractivity contribution < 1.29 is 19.0 Å². The highest BCUT2D eigenvalue weighted by Gasteiger charge is 2.26. The van der Waals surface area contributed by atoms with Crippen molar-refractivity contribution in [1.82, 2.24) is 9.47 Å². The van der Waals surface area contributed by atoms with Gasteiger partial charge in [0.15, 0.2) is 17.3 Å². The number of aryl methyl sites for hydroxylation is 1. The Morgan fingerprint density at radius 1 is 1.07 bits per heavy atom. The minimum atomic E-state index is 0.149. The molecule has 2 aliphatic heterocycles. The minimum absolute atomic E-state index is 0.149. The molecule has 0 N–H and O–H groups in total. The van der Waals surface area contributed by atoms with Crippen molar-refractivity contribution in [2.24, 2.45) is 0 Å². The molecular formula is C21H26N2O4. The van der Waals surface area contributed by atoms with E-state index in [1.807, 2.05) is 38.1 Å². The van der Waals surface area contributed by atoms with E-state index in [1.165, 1.54) is 0 Å². The van der Waals surface area contributed by atoms with E-state index in [4.69, 9.17) is 14.2 Å². The standard InChI is InChI=1S/C21H26N2O4/c1-13-7-18(19(24)11-22-9-14(2)27-15(3)10-22)16(4)23(13)17-5-6-20-21(8-17)26-12-25-20/h5-8,14-15H,9-12H2,1-4H3/t14-,15-/m1/s1. The molecule has 144 valence electrons. The number of nitrogens with zero attached hydrogens (tertiary/aromatic N) is 2. The van der Waals surface area contributed by atoms with Crippen LogP contribution in [0.4, 0.5) is 0 Å². The van der Waals surface area contributed by atoms with Gasteiger partial charge in [0.2, 0.25) is 6.79 Å². The highest BCUT2D eigenvalue weighted by atomic mass is 16.7. The normalized spacial score (nSPS) is 22.2. The van der Waals surface area contributed by atoms with Gasteiger partial charge in [0, 0.05) is 41.8 Å². The maximum Gasteiger partial charge on any atom is 0.231 e. The van der Waals surface area contributed by atoms with Crippen molar-refractivity contribution in [3.8, 4) is 17.2 Å². The van der Waals surface area contributed by atoms with Crippen molar-refractivity contribution in [2.45, 2.75) is 39.9 Å². The zero-order valence-electron chi connectivity index (χ0n) is 16.3. The van der Waals surface area contributed by atoms with Crippen LogP contribution in [-0.4, -0.2) is 53.9 Å². The Kier molecular flexibility index (Phi) is 4.70. The van der Waals surface area contributed by atoms with Crippen LogP contribution in [0.25, 0.3) is 5.69 Å². The first-order valence-electron chi connectivity index (χ1n) is 9.42. The van der Waals surface area contributed by atoms with Crippen LogP contribution < -0.4 is 9.47 Å². The molecule has 0 unspecified atom stereocenters. The molecule has 0 spiro atoms. The average molecular weight is 370 g/mol. The fourth-order valence-corrected chi connectivity index (χ4v) is 4.17. The average Bonchev–Trinajstić information content (AvgIpc) is 3.17. The molecule has 6 heteroatoms. The number of Topliss-reactive ketones (excluding diaryl/α,β-unsaturated/α-hetero) is 1. The first-order chi connectivity index (χ1) is 12.9. The summed E-state index contributed by atoms with van der Waals surface area (Å²) in [5.74, 6) is 1.65. The monoisotopic (exact) mass is 370 g/mol. The van der Waals surface area contributed by atoms with Crippen LogP contribution >= 0.6 is 0 Å². The van der Waals surface area contributed by atoms with Crippen molar-refractivity contribution in [3.63, 3.8) is 0 Å².